The molecule has 0 bridgehead atoms. The molecule has 8 nitrogen and oxygen atoms in total. The Morgan fingerprint density at radius 1 is 1.29 bits per heavy atom. The SMILES string of the molecule is NN=NC=Nc1ccc(OCc2coc(C3CCNCC3)n2)cc1. The minimum absolute atomic E-state index is 0.373. The van der Waals surface area contributed by atoms with Crippen LogP contribution in [0.4, 0.5) is 5.69 Å². The average molecular weight is 328 g/mol. The van der Waals surface area contributed by atoms with Gasteiger partial charge in [-0.05, 0) is 50.2 Å². The number of nitrogens with one attached hydrogen (secondary N) is 1. The number of aromatic nitrogens is 1. The van der Waals surface area contributed by atoms with Gasteiger partial charge in [-0.3, -0.25) is 0 Å². The van der Waals surface area contributed by atoms with Crippen molar-refractivity contribution in [2.24, 2.45) is 21.2 Å². The molecule has 8 heteroatoms. The normalized spacial score (nSPS) is 16.2. The lowest BCUT2D eigenvalue weighted by Gasteiger charge is -2.19. The summed E-state index contributed by atoms with van der Waals surface area (Å²) in [6.45, 7) is 2.40. The van der Waals surface area contributed by atoms with Crippen LogP contribution >= 0.6 is 0 Å². The van der Waals surface area contributed by atoms with Crippen molar-refractivity contribution in [1.82, 2.24) is 10.3 Å². The molecular formula is C16H20N6O2. The molecule has 1 aliphatic rings. The van der Waals surface area contributed by atoms with E-state index in [-0.39, 0.29) is 0 Å². The maximum Gasteiger partial charge on any atom is 0.197 e. The minimum atomic E-state index is 0.373. The van der Waals surface area contributed by atoms with Crippen LogP contribution in [0, 0.1) is 0 Å². The van der Waals surface area contributed by atoms with Crippen LogP contribution in [0.3, 0.4) is 0 Å². The summed E-state index contributed by atoms with van der Waals surface area (Å²) in [6.07, 6.45) is 5.08. The second-order valence-electron chi connectivity index (χ2n) is 5.46. The largest absolute Gasteiger partial charge is 0.487 e. The van der Waals surface area contributed by atoms with E-state index >= 15 is 0 Å². The molecule has 1 saturated heterocycles. The van der Waals surface area contributed by atoms with Crippen LogP contribution in [-0.2, 0) is 6.61 Å². The number of nitrogens with zero attached hydrogens (tertiary/aromatic N) is 4. The van der Waals surface area contributed by atoms with Crippen LogP contribution in [0.15, 0.2) is 50.3 Å². The summed E-state index contributed by atoms with van der Waals surface area (Å²) in [7, 11) is 0. The van der Waals surface area contributed by atoms with Crippen molar-refractivity contribution < 1.29 is 9.15 Å². The molecule has 0 saturated carbocycles. The van der Waals surface area contributed by atoms with Crippen LogP contribution in [0.2, 0.25) is 0 Å². The molecule has 0 unspecified atom stereocenters. The zero-order valence-corrected chi connectivity index (χ0v) is 13.3. The number of hydrogen-bond donors (Lipinski definition) is 2. The van der Waals surface area contributed by atoms with Crippen molar-refractivity contribution in [3.63, 3.8) is 0 Å². The van der Waals surface area contributed by atoms with Gasteiger partial charge in [-0.1, -0.05) is 5.22 Å². The predicted molar refractivity (Wildman–Crippen MR) is 89.3 cm³/mol. The number of nitrogens with two attached hydrogens (primary N) is 1. The van der Waals surface area contributed by atoms with Crippen molar-refractivity contribution in [2.45, 2.75) is 25.4 Å². The van der Waals surface area contributed by atoms with E-state index in [1.807, 2.05) is 24.3 Å². The average Bonchev–Trinajstić information content (AvgIpc) is 3.11. The van der Waals surface area contributed by atoms with Crippen LogP contribution in [0.25, 0.3) is 0 Å². The van der Waals surface area contributed by atoms with Gasteiger partial charge in [0, 0.05) is 5.92 Å². The molecule has 0 atom stereocenters. The highest BCUT2D eigenvalue weighted by molar-refractivity contribution is 5.61. The summed E-state index contributed by atoms with van der Waals surface area (Å²) in [5.74, 6) is 6.85. The molecule has 1 aliphatic heterocycles. The molecule has 0 radical (unpaired) electrons. The molecule has 1 fully saturated rings. The van der Waals surface area contributed by atoms with Gasteiger partial charge in [0.25, 0.3) is 0 Å². The van der Waals surface area contributed by atoms with Gasteiger partial charge in [0.2, 0.25) is 0 Å². The van der Waals surface area contributed by atoms with E-state index < -0.39 is 0 Å². The van der Waals surface area contributed by atoms with Gasteiger partial charge in [-0.25, -0.2) is 9.98 Å². The monoisotopic (exact) mass is 328 g/mol. The van der Waals surface area contributed by atoms with Gasteiger partial charge in [0.05, 0.1) is 5.69 Å². The molecule has 2 heterocycles. The molecule has 2 aromatic rings. The smallest absolute Gasteiger partial charge is 0.197 e. The third kappa shape index (κ3) is 4.39. The predicted octanol–water partition coefficient (Wildman–Crippen LogP) is 2.71. The molecule has 0 amide bonds. The number of piperidine rings is 1. The molecule has 0 aliphatic carbocycles. The number of aliphatic imine (C=N–C) groups is 1. The topological polar surface area (TPSA) is 110 Å². The number of ether oxygens (including phenoxy) is 1. The van der Waals surface area contributed by atoms with Crippen LogP contribution in [-0.4, -0.2) is 24.4 Å². The van der Waals surface area contributed by atoms with Crippen molar-refractivity contribution in [2.75, 3.05) is 13.1 Å². The van der Waals surface area contributed by atoms with E-state index in [9.17, 15) is 0 Å². The van der Waals surface area contributed by atoms with Crippen molar-refractivity contribution in [3.8, 4) is 5.75 Å². The first-order chi connectivity index (χ1) is 11.8. The van der Waals surface area contributed by atoms with Crippen molar-refractivity contribution >= 4 is 12.0 Å². The van der Waals surface area contributed by atoms with E-state index in [0.29, 0.717) is 12.5 Å². The highest BCUT2D eigenvalue weighted by Gasteiger charge is 2.20. The zero-order valence-electron chi connectivity index (χ0n) is 13.3. The number of benzene rings is 1. The molecule has 3 rings (SSSR count). The standard InChI is InChI=1S/C16H20N6O2/c17-22-20-11-19-13-1-3-15(4-2-13)23-9-14-10-24-16(21-14)12-5-7-18-8-6-12/h1-4,10-12,18H,5-9H2,(H2,17,19,20). The van der Waals surface area contributed by atoms with Gasteiger partial charge >= 0.3 is 0 Å². The van der Waals surface area contributed by atoms with Gasteiger partial charge < -0.3 is 20.3 Å². The second-order valence-corrected chi connectivity index (χ2v) is 5.46. The Hall–Kier alpha value is -2.74. The van der Waals surface area contributed by atoms with E-state index in [4.69, 9.17) is 15.0 Å². The molecule has 3 N–H and O–H groups in total. The lowest BCUT2D eigenvalue weighted by molar-refractivity contribution is 0.301. The fourth-order valence-corrected chi connectivity index (χ4v) is 2.55. The van der Waals surface area contributed by atoms with Crippen LogP contribution < -0.4 is 15.9 Å². The van der Waals surface area contributed by atoms with Gasteiger partial charge in [-0.15, -0.1) is 5.11 Å². The first-order valence-corrected chi connectivity index (χ1v) is 7.85. The number of rotatable bonds is 6. The van der Waals surface area contributed by atoms with Crippen molar-refractivity contribution in [3.05, 3.63) is 42.1 Å². The third-order valence-corrected chi connectivity index (χ3v) is 3.81. The summed E-state index contributed by atoms with van der Waals surface area (Å²) in [6, 6.07) is 7.31. The Bertz CT molecular complexity index is 689. The lowest BCUT2D eigenvalue weighted by atomic mass is 9.98. The Labute approximate surface area is 139 Å². The third-order valence-electron chi connectivity index (χ3n) is 3.81. The molecule has 24 heavy (non-hydrogen) atoms. The Balaban J connectivity index is 1.53. The maximum absolute atomic E-state index is 5.72. The van der Waals surface area contributed by atoms with Gasteiger partial charge in [0.15, 0.2) is 5.89 Å². The lowest BCUT2D eigenvalue weighted by Crippen LogP contribution is -2.26. The molecule has 0 spiro atoms. The number of oxazole rings is 1. The Morgan fingerprint density at radius 3 is 2.83 bits per heavy atom. The maximum atomic E-state index is 5.72. The first kappa shape index (κ1) is 16.1. The molecule has 1 aromatic carbocycles. The van der Waals surface area contributed by atoms with E-state index in [0.717, 1.165) is 49.0 Å². The first-order valence-electron chi connectivity index (χ1n) is 7.85. The Kier molecular flexibility index (Phi) is 5.52. The highest BCUT2D eigenvalue weighted by atomic mass is 16.5. The number of hydrogen-bond acceptors (Lipinski definition) is 6. The van der Waals surface area contributed by atoms with Gasteiger partial charge in [-0.2, -0.15) is 0 Å². The fourth-order valence-electron chi connectivity index (χ4n) is 2.55. The summed E-state index contributed by atoms with van der Waals surface area (Å²) < 4.78 is 11.3. The highest BCUT2D eigenvalue weighted by Crippen LogP contribution is 2.25. The summed E-state index contributed by atoms with van der Waals surface area (Å²) in [5, 5.41) is 9.90. The summed E-state index contributed by atoms with van der Waals surface area (Å²) in [5.41, 5.74) is 1.54. The van der Waals surface area contributed by atoms with Crippen LogP contribution in [0.1, 0.15) is 30.3 Å². The fraction of sp³-hybridized carbons (Fsp3) is 0.375. The second kappa shape index (κ2) is 8.21. The Morgan fingerprint density at radius 2 is 2.08 bits per heavy atom. The van der Waals surface area contributed by atoms with Gasteiger partial charge in [0.1, 0.15) is 30.7 Å². The summed E-state index contributed by atoms with van der Waals surface area (Å²) >= 11 is 0. The molecule has 126 valence electrons. The van der Waals surface area contributed by atoms with E-state index in [2.05, 4.69) is 25.6 Å². The van der Waals surface area contributed by atoms with Crippen LogP contribution in [0.5, 0.6) is 5.75 Å². The van der Waals surface area contributed by atoms with E-state index in [1.54, 1.807) is 6.26 Å². The quantitative estimate of drug-likeness (QED) is 0.278. The van der Waals surface area contributed by atoms with Crippen molar-refractivity contribution in [1.29, 1.82) is 0 Å². The minimum Gasteiger partial charge on any atom is -0.487 e. The summed E-state index contributed by atoms with van der Waals surface area (Å²) in [4.78, 5) is 8.60. The molecule has 1 aromatic heterocycles. The van der Waals surface area contributed by atoms with E-state index in [1.165, 1.54) is 6.34 Å². The molecular weight excluding hydrogens is 308 g/mol. The zero-order chi connectivity index (χ0) is 16.6.